The number of nitrogens with two attached hydrogens (primary N) is 5. The third kappa shape index (κ3) is 8.77. The van der Waals surface area contributed by atoms with Crippen LogP contribution in [0.15, 0.2) is 58.3 Å². The zero-order valence-electron chi connectivity index (χ0n) is 23.6. The van der Waals surface area contributed by atoms with Gasteiger partial charge in [0.15, 0.2) is 0 Å². The molecule has 0 bridgehead atoms. The SMILES string of the molecule is Cc1cccc(NC(=O)c2cc(C(=O)Nc3cccc(N)c3SCCN)c(OCCN)cc2OCCN)c1SCCN. The second-order valence-corrected chi connectivity index (χ2v) is 11.2. The quantitative estimate of drug-likeness (QED) is 0.0923. The molecule has 0 saturated carbocycles. The lowest BCUT2D eigenvalue weighted by Crippen LogP contribution is -2.21. The van der Waals surface area contributed by atoms with Crippen molar-refractivity contribution in [1.82, 2.24) is 0 Å². The van der Waals surface area contributed by atoms with Gasteiger partial charge in [0.1, 0.15) is 24.7 Å². The van der Waals surface area contributed by atoms with Gasteiger partial charge in [-0.15, -0.1) is 23.5 Å². The van der Waals surface area contributed by atoms with E-state index in [4.69, 9.17) is 38.1 Å². The number of hydrogen-bond acceptors (Lipinski definition) is 11. The fourth-order valence-electron chi connectivity index (χ4n) is 3.95. The molecule has 0 fully saturated rings. The zero-order chi connectivity index (χ0) is 30.5. The first-order valence-corrected chi connectivity index (χ1v) is 15.4. The molecule has 226 valence electrons. The summed E-state index contributed by atoms with van der Waals surface area (Å²) in [5.74, 6) is 0.751. The number of rotatable bonds is 16. The molecular formula is C29H39N7O4S2. The first-order chi connectivity index (χ1) is 20.3. The molecule has 42 heavy (non-hydrogen) atoms. The Bertz CT molecular complexity index is 1280. The van der Waals surface area contributed by atoms with Crippen LogP contribution < -0.4 is 48.8 Å². The van der Waals surface area contributed by atoms with Gasteiger partial charge in [0.25, 0.3) is 11.8 Å². The summed E-state index contributed by atoms with van der Waals surface area (Å²) < 4.78 is 11.7. The number of hydrogen-bond donors (Lipinski definition) is 7. The van der Waals surface area contributed by atoms with Crippen molar-refractivity contribution in [3.8, 4) is 11.5 Å². The van der Waals surface area contributed by atoms with Gasteiger partial charge in [-0.3, -0.25) is 9.59 Å². The molecule has 3 aromatic carbocycles. The Morgan fingerprint density at radius 2 is 1.21 bits per heavy atom. The minimum Gasteiger partial charge on any atom is -0.491 e. The van der Waals surface area contributed by atoms with Gasteiger partial charge in [-0.2, -0.15) is 0 Å². The molecule has 0 aromatic heterocycles. The second-order valence-electron chi connectivity index (χ2n) is 8.98. The smallest absolute Gasteiger partial charge is 0.259 e. The van der Waals surface area contributed by atoms with Gasteiger partial charge in [-0.05, 0) is 36.8 Å². The van der Waals surface area contributed by atoms with Crippen molar-refractivity contribution in [3.63, 3.8) is 0 Å². The molecular weight excluding hydrogens is 574 g/mol. The standard InChI is InChI=1S/C29H39N7O4S2/c1-18-4-2-6-22(26(18)41-14-10-32)35-28(37)19-16-20(25(40-13-9-31)17-24(19)39-12-8-30)29(38)36-23-7-3-5-21(34)27(23)42-15-11-33/h2-7,16-17H,8-15,30-34H2,1H3,(H,35,37)(H,36,38). The van der Waals surface area contributed by atoms with Gasteiger partial charge in [0.2, 0.25) is 0 Å². The molecule has 0 aliphatic rings. The monoisotopic (exact) mass is 613 g/mol. The molecule has 3 aromatic rings. The first kappa shape index (κ1) is 33.0. The van der Waals surface area contributed by atoms with Gasteiger partial charge >= 0.3 is 0 Å². The van der Waals surface area contributed by atoms with Crippen molar-refractivity contribution in [3.05, 3.63) is 65.2 Å². The summed E-state index contributed by atoms with van der Waals surface area (Å²) in [6.45, 7) is 3.63. The van der Waals surface area contributed by atoms with Crippen molar-refractivity contribution in [1.29, 1.82) is 0 Å². The number of amides is 2. The average Bonchev–Trinajstić information content (AvgIpc) is 2.98. The maximum Gasteiger partial charge on any atom is 0.259 e. The van der Waals surface area contributed by atoms with Crippen LogP contribution in [0, 0.1) is 6.92 Å². The van der Waals surface area contributed by atoms with Crippen LogP contribution in [0.4, 0.5) is 17.1 Å². The first-order valence-electron chi connectivity index (χ1n) is 13.4. The van der Waals surface area contributed by atoms with Crippen molar-refractivity contribution in [2.75, 3.05) is 67.3 Å². The highest BCUT2D eigenvalue weighted by molar-refractivity contribution is 7.99. The van der Waals surface area contributed by atoms with Crippen LogP contribution >= 0.6 is 23.5 Å². The summed E-state index contributed by atoms with van der Waals surface area (Å²) in [7, 11) is 0. The third-order valence-corrected chi connectivity index (χ3v) is 8.26. The fraction of sp³-hybridized carbons (Fsp3) is 0.310. The summed E-state index contributed by atoms with van der Waals surface area (Å²) in [5.41, 5.74) is 31.9. The predicted octanol–water partition coefficient (Wildman–Crippen LogP) is 2.86. The molecule has 11 nitrogen and oxygen atoms in total. The minimum atomic E-state index is -0.503. The van der Waals surface area contributed by atoms with Crippen LogP contribution in [-0.4, -0.2) is 62.7 Å². The number of nitrogens with one attached hydrogen (secondary N) is 2. The Morgan fingerprint density at radius 1 is 0.714 bits per heavy atom. The zero-order valence-corrected chi connectivity index (χ0v) is 25.2. The van der Waals surface area contributed by atoms with Crippen molar-refractivity contribution >= 4 is 52.4 Å². The van der Waals surface area contributed by atoms with Gasteiger partial charge in [-0.1, -0.05) is 18.2 Å². The average molecular weight is 614 g/mol. The summed E-state index contributed by atoms with van der Waals surface area (Å²) in [6.07, 6.45) is 0. The molecule has 12 N–H and O–H groups in total. The lowest BCUT2D eigenvalue weighted by molar-refractivity contribution is 0.102. The summed E-state index contributed by atoms with van der Waals surface area (Å²) >= 11 is 2.99. The molecule has 0 spiro atoms. The Kier molecular flexibility index (Phi) is 13.3. The molecule has 0 unspecified atom stereocenters. The number of ether oxygens (including phenoxy) is 2. The van der Waals surface area contributed by atoms with Gasteiger partial charge in [0, 0.05) is 54.3 Å². The topological polar surface area (TPSA) is 207 Å². The molecule has 3 rings (SSSR count). The molecule has 0 saturated heterocycles. The number of carbonyl (C=O) groups excluding carboxylic acids is 2. The predicted molar refractivity (Wildman–Crippen MR) is 173 cm³/mol. The summed E-state index contributed by atoms with van der Waals surface area (Å²) in [4.78, 5) is 29.0. The van der Waals surface area contributed by atoms with E-state index in [9.17, 15) is 9.59 Å². The molecule has 0 atom stereocenters. The maximum atomic E-state index is 13.7. The molecule has 13 heteroatoms. The number of benzene rings is 3. The highest BCUT2D eigenvalue weighted by Crippen LogP contribution is 2.36. The molecule has 0 radical (unpaired) electrons. The van der Waals surface area contributed by atoms with E-state index in [1.165, 1.54) is 23.9 Å². The highest BCUT2D eigenvalue weighted by atomic mass is 32.2. The highest BCUT2D eigenvalue weighted by Gasteiger charge is 2.24. The van der Waals surface area contributed by atoms with E-state index >= 15 is 0 Å². The number of aryl methyl sites for hydroxylation is 1. The summed E-state index contributed by atoms with van der Waals surface area (Å²) in [5, 5.41) is 5.89. The molecule has 0 heterocycles. The molecule has 0 aliphatic carbocycles. The summed E-state index contributed by atoms with van der Waals surface area (Å²) in [6, 6.07) is 13.8. The largest absolute Gasteiger partial charge is 0.491 e. The van der Waals surface area contributed by atoms with E-state index in [1.807, 2.05) is 25.1 Å². The van der Waals surface area contributed by atoms with Crippen LogP contribution in [0.3, 0.4) is 0 Å². The number of nitrogen functional groups attached to an aromatic ring is 1. The van der Waals surface area contributed by atoms with E-state index in [-0.39, 0.29) is 48.9 Å². The van der Waals surface area contributed by atoms with Gasteiger partial charge in [0.05, 0.1) is 27.4 Å². The molecule has 0 aliphatic heterocycles. The Labute approximate surface area is 254 Å². The van der Waals surface area contributed by atoms with E-state index < -0.39 is 11.8 Å². The van der Waals surface area contributed by atoms with E-state index in [0.29, 0.717) is 46.6 Å². The Hall–Kier alpha value is -3.46. The van der Waals surface area contributed by atoms with Crippen LogP contribution in [0.5, 0.6) is 11.5 Å². The van der Waals surface area contributed by atoms with Gasteiger partial charge in [-0.25, -0.2) is 0 Å². The third-order valence-electron chi connectivity index (χ3n) is 5.80. The number of thioether (sulfide) groups is 2. The number of carbonyl (C=O) groups is 2. The van der Waals surface area contributed by atoms with Crippen LogP contribution in [0.25, 0.3) is 0 Å². The lowest BCUT2D eigenvalue weighted by Gasteiger charge is -2.19. The van der Waals surface area contributed by atoms with Crippen molar-refractivity contribution in [2.45, 2.75) is 16.7 Å². The van der Waals surface area contributed by atoms with E-state index in [1.54, 1.807) is 30.0 Å². The second kappa shape index (κ2) is 16.9. The van der Waals surface area contributed by atoms with Crippen molar-refractivity contribution < 1.29 is 19.1 Å². The van der Waals surface area contributed by atoms with Crippen LogP contribution in [0.1, 0.15) is 26.3 Å². The Morgan fingerprint density at radius 3 is 1.74 bits per heavy atom. The minimum absolute atomic E-state index is 0.118. The van der Waals surface area contributed by atoms with E-state index in [0.717, 1.165) is 10.5 Å². The molecule has 2 amide bonds. The maximum absolute atomic E-state index is 13.7. The van der Waals surface area contributed by atoms with Crippen LogP contribution in [-0.2, 0) is 0 Å². The Balaban J connectivity index is 2.05. The van der Waals surface area contributed by atoms with Gasteiger partial charge < -0.3 is 48.8 Å². The fourth-order valence-corrected chi connectivity index (χ4v) is 5.67. The van der Waals surface area contributed by atoms with Crippen molar-refractivity contribution in [2.24, 2.45) is 22.9 Å². The van der Waals surface area contributed by atoms with Crippen LogP contribution in [0.2, 0.25) is 0 Å². The lowest BCUT2D eigenvalue weighted by atomic mass is 10.1. The van der Waals surface area contributed by atoms with E-state index in [2.05, 4.69) is 10.6 Å². The number of anilines is 3. The normalized spacial score (nSPS) is 10.8.